The van der Waals surface area contributed by atoms with Gasteiger partial charge in [0.15, 0.2) is 17.7 Å². The fourth-order valence-corrected chi connectivity index (χ4v) is 9.33. The molecule has 5 heterocycles. The highest BCUT2D eigenvalue weighted by Crippen LogP contribution is 2.40. The Morgan fingerprint density at radius 1 is 1.10 bits per heavy atom. The van der Waals surface area contributed by atoms with Crippen LogP contribution in [-0.4, -0.2) is 153 Å². The Balaban J connectivity index is 1.40. The molecule has 324 valence electrons. The van der Waals surface area contributed by atoms with E-state index in [1.165, 1.54) is 6.92 Å². The van der Waals surface area contributed by atoms with E-state index < -0.39 is 77.6 Å². The molecule has 2 aromatic heterocycles. The number of carbonyl (C=O) groups is 3. The number of hydrogen-bond donors (Lipinski definition) is 3. The highest BCUT2D eigenvalue weighted by Gasteiger charge is 2.59. The first-order valence-electron chi connectivity index (χ1n) is 20.7. The number of amides is 1. The minimum absolute atomic E-state index is 0.259. The second-order valence-electron chi connectivity index (χ2n) is 17.1. The second kappa shape index (κ2) is 19.3. The van der Waals surface area contributed by atoms with Gasteiger partial charge >= 0.3 is 12.1 Å². The van der Waals surface area contributed by atoms with Crippen molar-refractivity contribution in [2.45, 2.75) is 153 Å². The molecule has 3 N–H and O–H groups in total. The molecule has 58 heavy (non-hydrogen) atoms. The zero-order valence-corrected chi connectivity index (χ0v) is 35.9. The lowest BCUT2D eigenvalue weighted by Gasteiger charge is -2.47. The number of methoxy groups -OCH3 is 1. The van der Waals surface area contributed by atoms with Gasteiger partial charge in [0, 0.05) is 68.4 Å². The van der Waals surface area contributed by atoms with Crippen LogP contribution < -0.4 is 5.32 Å². The van der Waals surface area contributed by atoms with Crippen molar-refractivity contribution in [1.82, 2.24) is 29.7 Å². The SMILES string of the molecule is CC[C@@H]1OC(=O)[C@H](C)C(=O)[C@H](C)[C@@H](O[C@@H]2O[C@H](CO)C[C@H](N(C)C)[C@H]2O)[C@@](C)(OC)C[C@@H](C)N[C@@H](C)[C@H]2N(CCCCn3cnc(-c4cccnc4)c3)C(=O)O[C@]12C. The number of aliphatic hydroxyl groups excluding tert-OH is 2. The summed E-state index contributed by atoms with van der Waals surface area (Å²) in [6.07, 6.45) is 4.50. The average molecular weight is 815 g/mol. The number of nitrogens with one attached hydrogen (secondary N) is 1. The summed E-state index contributed by atoms with van der Waals surface area (Å²) in [5.41, 5.74) is -0.628. The number of aliphatic hydroxyl groups is 2. The van der Waals surface area contributed by atoms with E-state index in [4.69, 9.17) is 23.7 Å². The van der Waals surface area contributed by atoms with E-state index in [0.29, 0.717) is 38.8 Å². The van der Waals surface area contributed by atoms with Crippen LogP contribution in [0, 0.1) is 11.8 Å². The molecule has 3 fully saturated rings. The lowest BCUT2D eigenvalue weighted by molar-refractivity contribution is -0.300. The summed E-state index contributed by atoms with van der Waals surface area (Å²) in [4.78, 5) is 54.4. The van der Waals surface area contributed by atoms with Gasteiger partial charge in [-0.3, -0.25) is 19.5 Å². The lowest BCUT2D eigenvalue weighted by Crippen LogP contribution is -2.63. The van der Waals surface area contributed by atoms with E-state index in [2.05, 4.69) is 15.3 Å². The van der Waals surface area contributed by atoms with Crippen LogP contribution in [0.15, 0.2) is 37.1 Å². The molecule has 0 aliphatic carbocycles. The van der Waals surface area contributed by atoms with Crippen LogP contribution in [0.1, 0.15) is 80.6 Å². The highest BCUT2D eigenvalue weighted by molar-refractivity contribution is 6.00. The van der Waals surface area contributed by atoms with Crippen molar-refractivity contribution in [2.75, 3.05) is 34.4 Å². The first kappa shape index (κ1) is 45.6. The summed E-state index contributed by atoms with van der Waals surface area (Å²) in [5.74, 6) is -3.31. The monoisotopic (exact) mass is 814 g/mol. The predicted molar refractivity (Wildman–Crippen MR) is 214 cm³/mol. The Bertz CT molecular complexity index is 1680. The third kappa shape index (κ3) is 9.75. The van der Waals surface area contributed by atoms with Crippen molar-refractivity contribution in [1.29, 1.82) is 0 Å². The van der Waals surface area contributed by atoms with Crippen LogP contribution in [0.2, 0.25) is 0 Å². The molecule has 0 bridgehead atoms. The van der Waals surface area contributed by atoms with Gasteiger partial charge in [0.25, 0.3) is 0 Å². The van der Waals surface area contributed by atoms with Crippen molar-refractivity contribution < 1.29 is 48.3 Å². The smallest absolute Gasteiger partial charge is 0.410 e. The van der Waals surface area contributed by atoms with Crippen LogP contribution in [0.4, 0.5) is 4.79 Å². The van der Waals surface area contributed by atoms with Crippen LogP contribution in [0.3, 0.4) is 0 Å². The normalized spacial score (nSPS) is 36.7. The van der Waals surface area contributed by atoms with Crippen molar-refractivity contribution in [3.05, 3.63) is 37.1 Å². The summed E-state index contributed by atoms with van der Waals surface area (Å²) in [7, 11) is 5.21. The van der Waals surface area contributed by atoms with Crippen molar-refractivity contribution in [2.24, 2.45) is 11.8 Å². The summed E-state index contributed by atoms with van der Waals surface area (Å²) in [6, 6.07) is 2.28. The van der Waals surface area contributed by atoms with Gasteiger partial charge in [-0.15, -0.1) is 0 Å². The van der Waals surface area contributed by atoms with E-state index >= 15 is 0 Å². The molecule has 3 saturated heterocycles. The van der Waals surface area contributed by atoms with Gasteiger partial charge in [-0.05, 0) is 93.0 Å². The van der Waals surface area contributed by atoms with Crippen LogP contribution >= 0.6 is 0 Å². The number of Topliss-reactive ketones (excluding diaryl/α,β-unsaturated/α-hetero) is 1. The molecule has 13 atom stereocenters. The van der Waals surface area contributed by atoms with E-state index in [0.717, 1.165) is 17.7 Å². The Morgan fingerprint density at radius 2 is 1.83 bits per heavy atom. The number of fused-ring (bicyclic) bond motifs is 1. The minimum Gasteiger partial charge on any atom is -0.458 e. The molecule has 0 spiro atoms. The molecule has 0 radical (unpaired) electrons. The maximum absolute atomic E-state index is 14.3. The van der Waals surface area contributed by atoms with Crippen LogP contribution in [0.25, 0.3) is 11.3 Å². The largest absolute Gasteiger partial charge is 0.458 e. The van der Waals surface area contributed by atoms with Gasteiger partial charge < -0.3 is 48.7 Å². The number of rotatable bonds is 12. The van der Waals surface area contributed by atoms with Crippen LogP contribution in [-0.2, 0) is 39.8 Å². The number of nitrogens with zero attached hydrogens (tertiary/aromatic N) is 5. The fraction of sp³-hybridized carbons (Fsp3) is 0.738. The number of hydrogen-bond acceptors (Lipinski definition) is 14. The summed E-state index contributed by atoms with van der Waals surface area (Å²) >= 11 is 0. The molecule has 16 heteroatoms. The number of cyclic esters (lactones) is 1. The number of pyridine rings is 1. The van der Waals surface area contributed by atoms with E-state index in [1.54, 1.807) is 37.7 Å². The lowest BCUT2D eigenvalue weighted by atomic mass is 9.78. The van der Waals surface area contributed by atoms with Crippen molar-refractivity contribution in [3.63, 3.8) is 0 Å². The van der Waals surface area contributed by atoms with Crippen molar-refractivity contribution >= 4 is 17.8 Å². The number of unbranched alkanes of at least 4 members (excludes halogenated alkanes) is 1. The number of aromatic nitrogens is 3. The Kier molecular flexibility index (Phi) is 15.1. The number of ether oxygens (including phenoxy) is 5. The number of ketones is 1. The Morgan fingerprint density at radius 3 is 2.47 bits per heavy atom. The Labute approximate surface area is 342 Å². The van der Waals surface area contributed by atoms with Gasteiger partial charge in [-0.25, -0.2) is 9.78 Å². The Hall–Kier alpha value is -3.51. The third-order valence-corrected chi connectivity index (χ3v) is 12.5. The maximum Gasteiger partial charge on any atom is 0.410 e. The summed E-state index contributed by atoms with van der Waals surface area (Å²) in [6.45, 7) is 13.5. The number of likely N-dealkylation sites (N-methyl/N-ethyl adjacent to an activating group) is 1. The first-order chi connectivity index (χ1) is 27.5. The van der Waals surface area contributed by atoms with Crippen LogP contribution in [0.5, 0.6) is 0 Å². The molecule has 1 amide bonds. The molecule has 3 aliphatic rings. The molecule has 5 rings (SSSR count). The quantitative estimate of drug-likeness (QED) is 0.161. The zero-order valence-electron chi connectivity index (χ0n) is 35.9. The maximum atomic E-state index is 14.3. The number of aryl methyl sites for hydroxylation is 1. The molecule has 3 aliphatic heterocycles. The fourth-order valence-electron chi connectivity index (χ4n) is 9.33. The highest BCUT2D eigenvalue weighted by atomic mass is 16.7. The van der Waals surface area contributed by atoms with Gasteiger partial charge in [-0.1, -0.05) is 13.8 Å². The molecular weight excluding hydrogens is 748 g/mol. The van der Waals surface area contributed by atoms with Gasteiger partial charge in [0.1, 0.15) is 18.1 Å². The van der Waals surface area contributed by atoms with Gasteiger partial charge in [0.05, 0.1) is 42.5 Å². The molecule has 16 nitrogen and oxygen atoms in total. The minimum atomic E-state index is -1.24. The van der Waals surface area contributed by atoms with Crippen molar-refractivity contribution in [3.8, 4) is 11.3 Å². The summed E-state index contributed by atoms with van der Waals surface area (Å²) < 4.78 is 33.3. The number of carbonyl (C=O) groups excluding carboxylic acids is 3. The molecule has 0 aromatic carbocycles. The van der Waals surface area contributed by atoms with E-state index in [1.807, 2.05) is 76.5 Å². The predicted octanol–water partition coefficient (Wildman–Crippen LogP) is 3.43. The second-order valence-corrected chi connectivity index (χ2v) is 17.1. The van der Waals surface area contributed by atoms with E-state index in [9.17, 15) is 24.6 Å². The average Bonchev–Trinajstić information content (AvgIpc) is 3.78. The number of esters is 1. The molecule has 0 saturated carbocycles. The standard InChI is InChI=1S/C42H66N6O10/c1-11-33-42(7)36(48(40(53)58-42)18-13-12-17-47-22-31(44-24-47)29-15-14-16-43-21-29)28(5)45-25(2)20-41(6,54-10)37(26(3)34(50)27(4)38(52)56-33)57-39-35(51)32(46(8)9)19-30(23-49)55-39/h14-16,21-22,24-28,30,32-33,35-37,39,45,49,51H,11-13,17-20,23H2,1-10H3/t25-,26+,27-,28+,30+,32+,33+,35-,36-,37-,39+,41+,42-/m1/s1. The number of imidazole rings is 1. The third-order valence-electron chi connectivity index (χ3n) is 12.5. The van der Waals surface area contributed by atoms with Gasteiger partial charge in [-0.2, -0.15) is 0 Å². The first-order valence-corrected chi connectivity index (χ1v) is 20.7. The molecule has 2 aromatic rings. The topological polar surface area (TPSA) is 187 Å². The zero-order chi connectivity index (χ0) is 42.5. The van der Waals surface area contributed by atoms with E-state index in [-0.39, 0.29) is 24.7 Å². The molecule has 0 unspecified atom stereocenters. The van der Waals surface area contributed by atoms with Gasteiger partial charge in [0.2, 0.25) is 0 Å². The molecular formula is C42H66N6O10. The summed E-state index contributed by atoms with van der Waals surface area (Å²) in [5, 5.41) is 25.2.